The number of allylic oxidation sites excluding steroid dienone is 1. The van der Waals surface area contributed by atoms with Gasteiger partial charge in [-0.2, -0.15) is 0 Å². The van der Waals surface area contributed by atoms with Gasteiger partial charge in [0.2, 0.25) is 5.91 Å². The number of rotatable bonds is 7. The molecule has 6 N–H and O–H groups in total. The summed E-state index contributed by atoms with van der Waals surface area (Å²) in [6.45, 7) is 5.86. The number of nitrogens with zero attached hydrogens (tertiary/aromatic N) is 2. The number of ether oxygens (including phenoxy) is 1. The number of benzene rings is 1. The van der Waals surface area contributed by atoms with E-state index in [9.17, 15) is 4.79 Å². The van der Waals surface area contributed by atoms with Crippen LogP contribution >= 0.6 is 23.2 Å². The topological polar surface area (TPSA) is 109 Å². The molecule has 198 valence electrons. The van der Waals surface area contributed by atoms with Crippen molar-refractivity contribution in [2.45, 2.75) is 57.2 Å². The number of hydrogen-bond donors (Lipinski definition) is 4. The number of hydrogen-bond acceptors (Lipinski definition) is 7. The van der Waals surface area contributed by atoms with E-state index in [0.717, 1.165) is 56.6 Å². The minimum atomic E-state index is -0.407. The third-order valence-corrected chi connectivity index (χ3v) is 8.28. The molecule has 4 rings (SSSR count). The number of carbonyl (C=O) groups is 1. The van der Waals surface area contributed by atoms with Crippen LogP contribution in [0.1, 0.15) is 44.6 Å². The highest BCUT2D eigenvalue weighted by Gasteiger charge is 2.43. The molecular weight excluding hydrogens is 499 g/mol. The summed E-state index contributed by atoms with van der Waals surface area (Å²) in [7, 11) is 1.70. The van der Waals surface area contributed by atoms with Gasteiger partial charge in [0.15, 0.2) is 0 Å². The van der Waals surface area contributed by atoms with Gasteiger partial charge in [0, 0.05) is 61.9 Å². The van der Waals surface area contributed by atoms with Gasteiger partial charge < -0.3 is 36.6 Å². The zero-order valence-electron chi connectivity index (χ0n) is 21.2. The van der Waals surface area contributed by atoms with Gasteiger partial charge in [0.1, 0.15) is 5.82 Å². The number of methoxy groups -OCH3 is 1. The van der Waals surface area contributed by atoms with Crippen molar-refractivity contribution in [1.29, 1.82) is 0 Å². The Labute approximate surface area is 224 Å². The van der Waals surface area contributed by atoms with Crippen LogP contribution in [0.3, 0.4) is 0 Å². The molecule has 0 radical (unpaired) electrons. The molecule has 8 nitrogen and oxygen atoms in total. The van der Waals surface area contributed by atoms with Gasteiger partial charge in [-0.25, -0.2) is 0 Å². The maximum absolute atomic E-state index is 13.0. The van der Waals surface area contributed by atoms with Gasteiger partial charge >= 0.3 is 0 Å². The lowest BCUT2D eigenvalue weighted by molar-refractivity contribution is -0.138. The van der Waals surface area contributed by atoms with Gasteiger partial charge in [-0.3, -0.25) is 4.79 Å². The SMILES string of the molecule is CO[C@H]1CC(C(=O)N2CCCC2)CCC1(C)N/C(N)=C/C1=C(N)NCCN1Cc1cc(Cl)ccc1Cl. The van der Waals surface area contributed by atoms with Crippen molar-refractivity contribution in [3.63, 3.8) is 0 Å². The van der Waals surface area contributed by atoms with Crippen LogP contribution in [0.25, 0.3) is 0 Å². The molecule has 10 heteroatoms. The van der Waals surface area contributed by atoms with Crippen LogP contribution in [0, 0.1) is 5.92 Å². The molecule has 1 aromatic carbocycles. The lowest BCUT2D eigenvalue weighted by Crippen LogP contribution is -2.58. The van der Waals surface area contributed by atoms with Crippen molar-refractivity contribution >= 4 is 29.1 Å². The van der Waals surface area contributed by atoms with E-state index in [2.05, 4.69) is 22.5 Å². The molecule has 2 heterocycles. The Bertz CT molecular complexity index is 1030. The van der Waals surface area contributed by atoms with E-state index < -0.39 is 5.54 Å². The van der Waals surface area contributed by atoms with Crippen LogP contribution in [0.2, 0.25) is 10.0 Å². The highest BCUT2D eigenvalue weighted by molar-refractivity contribution is 6.33. The van der Waals surface area contributed by atoms with Crippen molar-refractivity contribution in [2.24, 2.45) is 17.4 Å². The summed E-state index contributed by atoms with van der Waals surface area (Å²) in [6.07, 6.45) is 6.17. The fraction of sp³-hybridized carbons (Fsp3) is 0.577. The molecule has 0 bridgehead atoms. The Morgan fingerprint density at radius 2 is 2.06 bits per heavy atom. The lowest BCUT2D eigenvalue weighted by Gasteiger charge is -2.45. The number of halogens is 2. The highest BCUT2D eigenvalue weighted by atomic mass is 35.5. The number of nitrogens with two attached hydrogens (primary N) is 2. The van der Waals surface area contributed by atoms with Crippen LogP contribution < -0.4 is 22.1 Å². The molecule has 1 aliphatic carbocycles. The Balaban J connectivity index is 1.47. The normalized spacial score (nSPS) is 27.3. The maximum atomic E-state index is 13.0. The quantitative estimate of drug-likeness (QED) is 0.423. The predicted octanol–water partition coefficient (Wildman–Crippen LogP) is 3.11. The average Bonchev–Trinajstić information content (AvgIpc) is 3.38. The molecule has 2 fully saturated rings. The molecule has 1 aromatic rings. The Morgan fingerprint density at radius 3 is 2.78 bits per heavy atom. The van der Waals surface area contributed by atoms with Gasteiger partial charge in [-0.1, -0.05) is 23.2 Å². The third-order valence-electron chi connectivity index (χ3n) is 7.68. The molecule has 0 aromatic heterocycles. The molecule has 1 amide bonds. The minimum Gasteiger partial charge on any atom is -0.385 e. The molecule has 1 saturated heterocycles. The lowest BCUT2D eigenvalue weighted by atomic mass is 9.74. The number of carbonyl (C=O) groups excluding carboxylic acids is 1. The molecule has 0 spiro atoms. The Kier molecular flexibility index (Phi) is 8.48. The number of amides is 1. The van der Waals surface area contributed by atoms with E-state index >= 15 is 0 Å². The zero-order chi connectivity index (χ0) is 25.9. The van der Waals surface area contributed by atoms with Crippen molar-refractivity contribution in [3.8, 4) is 0 Å². The first kappa shape index (κ1) is 26.8. The van der Waals surface area contributed by atoms with Crippen molar-refractivity contribution < 1.29 is 9.53 Å². The first-order chi connectivity index (χ1) is 17.2. The number of nitrogens with one attached hydrogen (secondary N) is 2. The van der Waals surface area contributed by atoms with E-state index in [-0.39, 0.29) is 17.9 Å². The van der Waals surface area contributed by atoms with Crippen LogP contribution in [0.15, 0.2) is 41.6 Å². The first-order valence-corrected chi connectivity index (χ1v) is 13.4. The summed E-state index contributed by atoms with van der Waals surface area (Å²) in [6, 6.07) is 5.45. The van der Waals surface area contributed by atoms with Gasteiger partial charge in [0.25, 0.3) is 0 Å². The van der Waals surface area contributed by atoms with Gasteiger partial charge in [-0.05, 0) is 62.8 Å². The molecule has 3 aliphatic rings. The largest absolute Gasteiger partial charge is 0.385 e. The second kappa shape index (κ2) is 11.4. The van der Waals surface area contributed by atoms with E-state index in [4.69, 9.17) is 39.4 Å². The van der Waals surface area contributed by atoms with Crippen LogP contribution in [0.4, 0.5) is 0 Å². The van der Waals surface area contributed by atoms with E-state index in [1.165, 1.54) is 0 Å². The second-order valence-electron chi connectivity index (χ2n) is 10.3. The van der Waals surface area contributed by atoms with Crippen molar-refractivity contribution in [2.75, 3.05) is 33.3 Å². The average molecular weight is 538 g/mol. The maximum Gasteiger partial charge on any atom is 0.225 e. The zero-order valence-corrected chi connectivity index (χ0v) is 22.7. The molecule has 3 atom stereocenters. The molecule has 36 heavy (non-hydrogen) atoms. The van der Waals surface area contributed by atoms with E-state index in [1.807, 2.05) is 17.0 Å². The minimum absolute atomic E-state index is 0.00744. The standard InChI is InChI=1S/C26H38Cl2N6O2/c1-26(8-7-17(14-22(26)36-2)25(35)33-10-3-4-11-33)32-23(29)15-21-24(30)31-9-12-34(21)16-18-13-19(27)5-6-20(18)28/h5-6,13,15,17,22,31-32H,3-4,7-12,14,16,29-30H2,1-2H3/b23-15+/t17?,22-,26?/m0/s1. The Morgan fingerprint density at radius 1 is 1.31 bits per heavy atom. The summed E-state index contributed by atoms with van der Waals surface area (Å²) >= 11 is 12.6. The van der Waals surface area contributed by atoms with E-state index in [0.29, 0.717) is 41.2 Å². The smallest absolute Gasteiger partial charge is 0.225 e. The summed E-state index contributed by atoms with van der Waals surface area (Å²) in [5.74, 6) is 1.30. The van der Waals surface area contributed by atoms with Gasteiger partial charge in [0.05, 0.1) is 23.2 Å². The van der Waals surface area contributed by atoms with Crippen molar-refractivity contribution in [3.05, 3.63) is 57.2 Å². The third kappa shape index (κ3) is 5.98. The monoisotopic (exact) mass is 536 g/mol. The summed E-state index contributed by atoms with van der Waals surface area (Å²) in [4.78, 5) is 17.1. The fourth-order valence-corrected chi connectivity index (χ4v) is 5.99. The van der Waals surface area contributed by atoms with Crippen LogP contribution in [0.5, 0.6) is 0 Å². The molecule has 2 aliphatic heterocycles. The predicted molar refractivity (Wildman–Crippen MR) is 144 cm³/mol. The summed E-state index contributed by atoms with van der Waals surface area (Å²) in [5, 5.41) is 8.01. The molecule has 2 unspecified atom stereocenters. The highest BCUT2D eigenvalue weighted by Crippen LogP contribution is 2.36. The summed E-state index contributed by atoms with van der Waals surface area (Å²) in [5.41, 5.74) is 14.2. The van der Waals surface area contributed by atoms with Crippen molar-refractivity contribution in [1.82, 2.24) is 20.4 Å². The van der Waals surface area contributed by atoms with E-state index in [1.54, 1.807) is 19.2 Å². The molecule has 1 saturated carbocycles. The Hall–Kier alpha value is -2.29. The van der Waals surface area contributed by atoms with Crippen LogP contribution in [-0.4, -0.2) is 60.6 Å². The molecular formula is C26H38Cl2N6O2. The second-order valence-corrected chi connectivity index (χ2v) is 11.1. The van der Waals surface area contributed by atoms with Crippen LogP contribution in [-0.2, 0) is 16.1 Å². The van der Waals surface area contributed by atoms with Gasteiger partial charge in [-0.15, -0.1) is 0 Å². The fourth-order valence-electron chi connectivity index (χ4n) is 5.61. The number of likely N-dealkylation sites (tertiary alicyclic amines) is 1. The first-order valence-electron chi connectivity index (χ1n) is 12.7. The summed E-state index contributed by atoms with van der Waals surface area (Å²) < 4.78 is 5.88.